The van der Waals surface area contributed by atoms with Gasteiger partial charge in [0.05, 0.1) is 0 Å². The molecule has 0 radical (unpaired) electrons. The van der Waals surface area contributed by atoms with Crippen LogP contribution < -0.4 is 5.32 Å². The maximum Gasteiger partial charge on any atom is -0.00157 e. The van der Waals surface area contributed by atoms with Gasteiger partial charge in [-0.1, -0.05) is 37.3 Å². The molecule has 0 atom stereocenters. The SMILES string of the molecule is CCN1CCC(CNCCCc2ccccc2)CC1. The topological polar surface area (TPSA) is 15.3 Å². The van der Waals surface area contributed by atoms with Crippen LogP contribution in [0, 0.1) is 5.92 Å². The van der Waals surface area contributed by atoms with Crippen molar-refractivity contribution in [2.45, 2.75) is 32.6 Å². The Hall–Kier alpha value is -0.860. The molecule has 0 spiro atoms. The van der Waals surface area contributed by atoms with E-state index < -0.39 is 0 Å². The van der Waals surface area contributed by atoms with Gasteiger partial charge in [0.2, 0.25) is 0 Å². The Morgan fingerprint density at radius 2 is 1.89 bits per heavy atom. The van der Waals surface area contributed by atoms with Crippen molar-refractivity contribution in [3.8, 4) is 0 Å². The van der Waals surface area contributed by atoms with Crippen molar-refractivity contribution in [1.82, 2.24) is 10.2 Å². The van der Waals surface area contributed by atoms with Gasteiger partial charge in [0.1, 0.15) is 0 Å². The van der Waals surface area contributed by atoms with Crippen LogP contribution in [0.4, 0.5) is 0 Å². The zero-order valence-corrected chi connectivity index (χ0v) is 12.3. The summed E-state index contributed by atoms with van der Waals surface area (Å²) in [5.41, 5.74) is 1.46. The largest absolute Gasteiger partial charge is 0.316 e. The van der Waals surface area contributed by atoms with Crippen LogP contribution >= 0.6 is 0 Å². The van der Waals surface area contributed by atoms with Crippen LogP contribution in [0.15, 0.2) is 30.3 Å². The summed E-state index contributed by atoms with van der Waals surface area (Å²) in [6.07, 6.45) is 5.19. The first kappa shape index (κ1) is 14.5. The average Bonchev–Trinajstić information content (AvgIpc) is 2.49. The van der Waals surface area contributed by atoms with E-state index in [9.17, 15) is 0 Å². The minimum absolute atomic E-state index is 0.902. The molecule has 106 valence electrons. The summed E-state index contributed by atoms with van der Waals surface area (Å²) in [7, 11) is 0. The van der Waals surface area contributed by atoms with Gasteiger partial charge in [-0.15, -0.1) is 0 Å². The lowest BCUT2D eigenvalue weighted by Gasteiger charge is -2.31. The van der Waals surface area contributed by atoms with Crippen LogP contribution in [-0.4, -0.2) is 37.6 Å². The number of nitrogens with zero attached hydrogens (tertiary/aromatic N) is 1. The Labute approximate surface area is 118 Å². The summed E-state index contributed by atoms with van der Waals surface area (Å²) in [6, 6.07) is 10.8. The fourth-order valence-corrected chi connectivity index (χ4v) is 2.88. The molecular weight excluding hydrogens is 232 g/mol. The number of hydrogen-bond acceptors (Lipinski definition) is 2. The highest BCUT2D eigenvalue weighted by Crippen LogP contribution is 2.15. The molecule has 0 unspecified atom stereocenters. The van der Waals surface area contributed by atoms with E-state index in [2.05, 4.69) is 47.5 Å². The molecule has 0 bridgehead atoms. The minimum atomic E-state index is 0.902. The first-order chi connectivity index (χ1) is 9.38. The van der Waals surface area contributed by atoms with Gasteiger partial charge in [-0.25, -0.2) is 0 Å². The monoisotopic (exact) mass is 260 g/mol. The highest BCUT2D eigenvalue weighted by atomic mass is 15.1. The molecule has 1 aliphatic rings. The van der Waals surface area contributed by atoms with E-state index in [-0.39, 0.29) is 0 Å². The van der Waals surface area contributed by atoms with Crippen LogP contribution in [0.1, 0.15) is 31.7 Å². The van der Waals surface area contributed by atoms with Crippen molar-refractivity contribution in [3.05, 3.63) is 35.9 Å². The normalized spacial score (nSPS) is 17.7. The molecule has 19 heavy (non-hydrogen) atoms. The van der Waals surface area contributed by atoms with Crippen molar-refractivity contribution in [1.29, 1.82) is 0 Å². The third-order valence-electron chi connectivity index (χ3n) is 4.25. The number of rotatable bonds is 7. The fraction of sp³-hybridized carbons (Fsp3) is 0.647. The van der Waals surface area contributed by atoms with Crippen LogP contribution in [0.3, 0.4) is 0 Å². The lowest BCUT2D eigenvalue weighted by molar-refractivity contribution is 0.190. The number of nitrogens with one attached hydrogen (secondary N) is 1. The van der Waals surface area contributed by atoms with Crippen LogP contribution in [0.25, 0.3) is 0 Å². The van der Waals surface area contributed by atoms with E-state index in [4.69, 9.17) is 0 Å². The lowest BCUT2D eigenvalue weighted by atomic mass is 9.97. The quantitative estimate of drug-likeness (QED) is 0.758. The molecule has 1 aliphatic heterocycles. The van der Waals surface area contributed by atoms with E-state index in [0.29, 0.717) is 0 Å². The molecule has 0 aliphatic carbocycles. The van der Waals surface area contributed by atoms with E-state index in [1.807, 2.05) is 0 Å². The van der Waals surface area contributed by atoms with Crippen molar-refractivity contribution in [2.24, 2.45) is 5.92 Å². The van der Waals surface area contributed by atoms with Gasteiger partial charge in [0, 0.05) is 0 Å². The molecule has 1 aromatic carbocycles. The zero-order valence-electron chi connectivity index (χ0n) is 12.3. The Bertz CT molecular complexity index is 328. The minimum Gasteiger partial charge on any atom is -0.316 e. The maximum absolute atomic E-state index is 3.64. The fourth-order valence-electron chi connectivity index (χ4n) is 2.88. The van der Waals surface area contributed by atoms with Gasteiger partial charge in [0.15, 0.2) is 0 Å². The number of piperidine rings is 1. The summed E-state index contributed by atoms with van der Waals surface area (Å²) in [5, 5.41) is 3.64. The van der Waals surface area contributed by atoms with Crippen molar-refractivity contribution in [3.63, 3.8) is 0 Å². The summed E-state index contributed by atoms with van der Waals surface area (Å²) in [6.45, 7) is 8.45. The molecule has 0 saturated carbocycles. The third-order valence-corrected chi connectivity index (χ3v) is 4.25. The van der Waals surface area contributed by atoms with Gasteiger partial charge in [0.25, 0.3) is 0 Å². The van der Waals surface area contributed by atoms with E-state index >= 15 is 0 Å². The average molecular weight is 260 g/mol. The van der Waals surface area contributed by atoms with Crippen molar-refractivity contribution in [2.75, 3.05) is 32.7 Å². The van der Waals surface area contributed by atoms with Crippen LogP contribution in [-0.2, 0) is 6.42 Å². The summed E-state index contributed by atoms with van der Waals surface area (Å²) >= 11 is 0. The first-order valence-corrected chi connectivity index (χ1v) is 7.85. The predicted molar refractivity (Wildman–Crippen MR) is 82.5 cm³/mol. The second kappa shape index (κ2) is 8.34. The first-order valence-electron chi connectivity index (χ1n) is 7.85. The molecular formula is C17H28N2. The van der Waals surface area contributed by atoms with E-state index in [1.54, 1.807) is 0 Å². The number of benzene rings is 1. The Morgan fingerprint density at radius 3 is 2.58 bits per heavy atom. The molecule has 1 N–H and O–H groups in total. The highest BCUT2D eigenvalue weighted by Gasteiger charge is 2.17. The summed E-state index contributed by atoms with van der Waals surface area (Å²) in [5.74, 6) is 0.902. The van der Waals surface area contributed by atoms with E-state index in [0.717, 1.165) is 12.5 Å². The van der Waals surface area contributed by atoms with Gasteiger partial charge in [-0.2, -0.15) is 0 Å². The molecule has 0 amide bonds. The molecule has 2 nitrogen and oxygen atoms in total. The van der Waals surface area contributed by atoms with Crippen LogP contribution in [0.5, 0.6) is 0 Å². The van der Waals surface area contributed by atoms with Gasteiger partial charge >= 0.3 is 0 Å². The van der Waals surface area contributed by atoms with Crippen molar-refractivity contribution >= 4 is 0 Å². The molecule has 2 rings (SSSR count). The molecule has 1 saturated heterocycles. The Kier molecular flexibility index (Phi) is 6.38. The van der Waals surface area contributed by atoms with Gasteiger partial charge < -0.3 is 10.2 Å². The highest BCUT2D eigenvalue weighted by molar-refractivity contribution is 5.14. The summed E-state index contributed by atoms with van der Waals surface area (Å²) < 4.78 is 0. The van der Waals surface area contributed by atoms with Gasteiger partial charge in [-0.05, 0) is 69.9 Å². The number of aryl methyl sites for hydroxylation is 1. The second-order valence-electron chi connectivity index (χ2n) is 5.67. The van der Waals surface area contributed by atoms with E-state index in [1.165, 1.54) is 57.4 Å². The van der Waals surface area contributed by atoms with Crippen molar-refractivity contribution < 1.29 is 0 Å². The molecule has 0 aromatic heterocycles. The predicted octanol–water partition coefficient (Wildman–Crippen LogP) is 2.94. The maximum atomic E-state index is 3.64. The molecule has 1 heterocycles. The standard InChI is InChI=1S/C17H28N2/c1-2-19-13-10-17(11-14-19)15-18-12-6-9-16-7-4-3-5-8-16/h3-5,7-8,17-18H,2,6,9-15H2,1H3. The molecule has 2 heteroatoms. The Morgan fingerprint density at radius 1 is 1.16 bits per heavy atom. The van der Waals surface area contributed by atoms with Crippen LogP contribution in [0.2, 0.25) is 0 Å². The van der Waals surface area contributed by atoms with Gasteiger partial charge in [-0.3, -0.25) is 0 Å². The lowest BCUT2D eigenvalue weighted by Crippen LogP contribution is -2.37. The zero-order chi connectivity index (χ0) is 13.3. The summed E-state index contributed by atoms with van der Waals surface area (Å²) in [4.78, 5) is 2.56. The number of likely N-dealkylation sites (tertiary alicyclic amines) is 1. The Balaban J connectivity index is 1.51. The second-order valence-corrected chi connectivity index (χ2v) is 5.67. The molecule has 1 aromatic rings. The molecule has 1 fully saturated rings. The third kappa shape index (κ3) is 5.33. The number of hydrogen-bond donors (Lipinski definition) is 1. The smallest absolute Gasteiger partial charge is 0.00157 e.